The van der Waals surface area contributed by atoms with Gasteiger partial charge in [0.05, 0.1) is 11.7 Å². The monoisotopic (exact) mass is 295 g/mol. The average Bonchev–Trinajstić information content (AvgIpc) is 2.97. The van der Waals surface area contributed by atoms with E-state index in [0.717, 1.165) is 25.7 Å². The Kier molecular flexibility index (Phi) is 5.58. The Bertz CT molecular complexity index is 308. The third-order valence-electron chi connectivity index (χ3n) is 5.80. The van der Waals surface area contributed by atoms with Crippen LogP contribution in [0.1, 0.15) is 71.1 Å². The van der Waals surface area contributed by atoms with Gasteiger partial charge in [-0.05, 0) is 63.8 Å². The van der Waals surface area contributed by atoms with Gasteiger partial charge in [-0.25, -0.2) is 0 Å². The van der Waals surface area contributed by atoms with Crippen LogP contribution in [0.25, 0.3) is 0 Å². The van der Waals surface area contributed by atoms with Crippen molar-refractivity contribution in [2.45, 2.75) is 88.9 Å². The first-order valence-corrected chi connectivity index (χ1v) is 9.32. The summed E-state index contributed by atoms with van der Waals surface area (Å²) >= 11 is 0. The van der Waals surface area contributed by atoms with Gasteiger partial charge in [-0.2, -0.15) is 0 Å². The molecule has 0 bridgehead atoms. The van der Waals surface area contributed by atoms with E-state index in [0.29, 0.717) is 12.1 Å². The Hall–Kier alpha value is -0.120. The SMILES string of the molecule is CCCNC(C1CCOC2(CCCC2)C1)C1CCCCO1. The van der Waals surface area contributed by atoms with Crippen molar-refractivity contribution in [3.63, 3.8) is 0 Å². The number of ether oxygens (including phenoxy) is 2. The van der Waals surface area contributed by atoms with Gasteiger partial charge < -0.3 is 14.8 Å². The second-order valence-electron chi connectivity index (χ2n) is 7.38. The van der Waals surface area contributed by atoms with Crippen molar-refractivity contribution in [2.24, 2.45) is 5.92 Å². The second-order valence-corrected chi connectivity index (χ2v) is 7.38. The molecule has 0 radical (unpaired) electrons. The molecule has 0 aromatic rings. The Morgan fingerprint density at radius 2 is 1.95 bits per heavy atom. The Morgan fingerprint density at radius 3 is 2.67 bits per heavy atom. The standard InChI is InChI=1S/C18H33NO2/c1-2-11-19-17(16-7-3-6-12-20-16)15-8-13-21-18(14-15)9-4-5-10-18/h15-17,19H,2-14H2,1H3. The summed E-state index contributed by atoms with van der Waals surface area (Å²) in [6, 6.07) is 0.548. The molecular weight excluding hydrogens is 262 g/mol. The number of hydrogen-bond donors (Lipinski definition) is 1. The topological polar surface area (TPSA) is 30.5 Å². The molecule has 1 spiro atoms. The largest absolute Gasteiger partial charge is 0.377 e. The van der Waals surface area contributed by atoms with Crippen LogP contribution in [0.4, 0.5) is 0 Å². The van der Waals surface area contributed by atoms with E-state index in [-0.39, 0.29) is 5.60 Å². The molecule has 3 unspecified atom stereocenters. The van der Waals surface area contributed by atoms with E-state index in [2.05, 4.69) is 12.2 Å². The zero-order valence-electron chi connectivity index (χ0n) is 13.7. The highest BCUT2D eigenvalue weighted by molar-refractivity contribution is 4.96. The molecule has 1 aliphatic carbocycles. The summed E-state index contributed by atoms with van der Waals surface area (Å²) in [5.74, 6) is 0.742. The summed E-state index contributed by atoms with van der Waals surface area (Å²) in [6.45, 7) is 5.30. The normalized spacial score (nSPS) is 34.1. The first-order valence-electron chi connectivity index (χ1n) is 9.32. The highest BCUT2D eigenvalue weighted by atomic mass is 16.5. The van der Waals surface area contributed by atoms with Gasteiger partial charge in [0.2, 0.25) is 0 Å². The minimum absolute atomic E-state index is 0.226. The summed E-state index contributed by atoms with van der Waals surface area (Å²) in [5, 5.41) is 3.83. The molecule has 3 rings (SSSR count). The maximum absolute atomic E-state index is 6.23. The van der Waals surface area contributed by atoms with Crippen molar-refractivity contribution in [1.29, 1.82) is 0 Å². The van der Waals surface area contributed by atoms with E-state index in [4.69, 9.17) is 9.47 Å². The lowest BCUT2D eigenvalue weighted by molar-refractivity contribution is -0.112. The molecular formula is C18H33NO2. The Labute approximate surface area is 130 Å². The molecule has 3 aliphatic rings. The lowest BCUT2D eigenvalue weighted by atomic mass is 9.78. The van der Waals surface area contributed by atoms with Gasteiger partial charge in [-0.1, -0.05) is 19.8 Å². The fourth-order valence-electron chi connectivity index (χ4n) is 4.70. The van der Waals surface area contributed by atoms with Crippen LogP contribution in [0.2, 0.25) is 0 Å². The quantitative estimate of drug-likeness (QED) is 0.839. The van der Waals surface area contributed by atoms with Gasteiger partial charge in [0.25, 0.3) is 0 Å². The van der Waals surface area contributed by atoms with E-state index < -0.39 is 0 Å². The third-order valence-corrected chi connectivity index (χ3v) is 5.80. The molecule has 21 heavy (non-hydrogen) atoms. The third kappa shape index (κ3) is 3.80. The van der Waals surface area contributed by atoms with Crippen LogP contribution in [0.5, 0.6) is 0 Å². The Balaban J connectivity index is 1.65. The van der Waals surface area contributed by atoms with Crippen LogP contribution in [0.15, 0.2) is 0 Å². The fraction of sp³-hybridized carbons (Fsp3) is 1.00. The first-order chi connectivity index (χ1) is 10.3. The van der Waals surface area contributed by atoms with Crippen molar-refractivity contribution in [2.75, 3.05) is 19.8 Å². The number of hydrogen-bond acceptors (Lipinski definition) is 3. The van der Waals surface area contributed by atoms with Crippen molar-refractivity contribution >= 4 is 0 Å². The van der Waals surface area contributed by atoms with Crippen LogP contribution in [0.3, 0.4) is 0 Å². The predicted octanol–water partition coefficient (Wildman–Crippen LogP) is 3.66. The van der Waals surface area contributed by atoms with Crippen molar-refractivity contribution < 1.29 is 9.47 Å². The van der Waals surface area contributed by atoms with E-state index in [1.54, 1.807) is 0 Å². The van der Waals surface area contributed by atoms with Gasteiger partial charge in [-0.15, -0.1) is 0 Å². The van der Waals surface area contributed by atoms with Crippen LogP contribution in [-0.2, 0) is 9.47 Å². The van der Waals surface area contributed by atoms with Crippen LogP contribution >= 0.6 is 0 Å². The Morgan fingerprint density at radius 1 is 1.10 bits per heavy atom. The van der Waals surface area contributed by atoms with Gasteiger partial charge in [0, 0.05) is 19.3 Å². The zero-order chi connectivity index (χ0) is 14.5. The second kappa shape index (κ2) is 7.43. The molecule has 3 atom stereocenters. The van der Waals surface area contributed by atoms with Gasteiger partial charge >= 0.3 is 0 Å². The van der Waals surface area contributed by atoms with Crippen molar-refractivity contribution in [3.05, 3.63) is 0 Å². The average molecular weight is 295 g/mol. The molecule has 2 aliphatic heterocycles. The van der Waals surface area contributed by atoms with Crippen LogP contribution in [0, 0.1) is 5.92 Å². The maximum atomic E-state index is 6.23. The lowest BCUT2D eigenvalue weighted by Crippen LogP contribution is -2.52. The summed E-state index contributed by atoms with van der Waals surface area (Å²) in [6.07, 6.45) is 13.2. The van der Waals surface area contributed by atoms with Crippen LogP contribution in [-0.4, -0.2) is 37.5 Å². The highest BCUT2D eigenvalue weighted by Crippen LogP contribution is 2.43. The van der Waals surface area contributed by atoms with E-state index in [1.807, 2.05) is 0 Å². The fourth-order valence-corrected chi connectivity index (χ4v) is 4.70. The minimum Gasteiger partial charge on any atom is -0.377 e. The highest BCUT2D eigenvalue weighted by Gasteiger charge is 2.43. The summed E-state index contributed by atoms with van der Waals surface area (Å²) in [4.78, 5) is 0. The molecule has 1 saturated carbocycles. The molecule has 0 aromatic heterocycles. The number of nitrogens with one attached hydrogen (secondary N) is 1. The van der Waals surface area contributed by atoms with E-state index in [9.17, 15) is 0 Å². The van der Waals surface area contributed by atoms with Gasteiger partial charge in [0.1, 0.15) is 0 Å². The maximum Gasteiger partial charge on any atom is 0.0730 e. The molecule has 1 N–H and O–H groups in total. The number of rotatable bonds is 5. The summed E-state index contributed by atoms with van der Waals surface area (Å²) < 4.78 is 12.4. The molecule has 3 heteroatoms. The van der Waals surface area contributed by atoms with E-state index >= 15 is 0 Å². The molecule has 0 amide bonds. The molecule has 0 aromatic carbocycles. The lowest BCUT2D eigenvalue weighted by Gasteiger charge is -2.44. The van der Waals surface area contributed by atoms with Gasteiger partial charge in [0.15, 0.2) is 0 Å². The molecule has 122 valence electrons. The molecule has 2 heterocycles. The first kappa shape index (κ1) is 15.8. The molecule has 2 saturated heterocycles. The summed E-state index contributed by atoms with van der Waals surface area (Å²) in [7, 11) is 0. The minimum atomic E-state index is 0.226. The van der Waals surface area contributed by atoms with E-state index in [1.165, 1.54) is 64.2 Å². The van der Waals surface area contributed by atoms with Gasteiger partial charge in [-0.3, -0.25) is 0 Å². The van der Waals surface area contributed by atoms with Crippen LogP contribution < -0.4 is 5.32 Å². The van der Waals surface area contributed by atoms with Crippen molar-refractivity contribution in [3.8, 4) is 0 Å². The zero-order valence-corrected chi connectivity index (χ0v) is 13.7. The smallest absolute Gasteiger partial charge is 0.0730 e. The molecule has 3 fully saturated rings. The van der Waals surface area contributed by atoms with Crippen molar-refractivity contribution in [1.82, 2.24) is 5.32 Å². The summed E-state index contributed by atoms with van der Waals surface area (Å²) in [5.41, 5.74) is 0.226. The predicted molar refractivity (Wildman–Crippen MR) is 85.5 cm³/mol. The molecule has 3 nitrogen and oxygen atoms in total.